The van der Waals surface area contributed by atoms with E-state index in [2.05, 4.69) is 48.6 Å². The lowest BCUT2D eigenvalue weighted by Gasteiger charge is -2.13. The molecule has 0 saturated heterocycles. The molecule has 6 aromatic carbocycles. The van der Waals surface area contributed by atoms with Crippen LogP contribution in [0, 0.1) is 11.8 Å². The minimum atomic E-state index is 0.730. The smallest absolute Gasteiger partial charge is 0.150 e. The van der Waals surface area contributed by atoms with Crippen LogP contribution in [0.2, 0.25) is 0 Å². The summed E-state index contributed by atoms with van der Waals surface area (Å²) < 4.78 is 0. The molecule has 3 nitrogen and oxygen atoms in total. The lowest BCUT2D eigenvalue weighted by molar-refractivity contribution is 0.112. The van der Waals surface area contributed by atoms with E-state index in [4.69, 9.17) is 11.5 Å². The number of aldehydes is 1. The fourth-order valence-corrected chi connectivity index (χ4v) is 5.84. The number of anilines is 2. The van der Waals surface area contributed by atoms with E-state index < -0.39 is 0 Å². The maximum atomic E-state index is 10.5. The van der Waals surface area contributed by atoms with E-state index in [9.17, 15) is 4.79 Å². The SMILES string of the molecule is C1=CC2CCC1C2.Nc1ccc2ccc3c(N)ccc4ccc1c2c43.O=Cc1ccc2ccccc2c1. The maximum absolute atomic E-state index is 10.5. The number of hydrogen-bond acceptors (Lipinski definition) is 3. The molecule has 0 radical (unpaired) electrons. The van der Waals surface area contributed by atoms with Crippen molar-refractivity contribution < 1.29 is 4.79 Å². The molecule has 0 spiro atoms. The van der Waals surface area contributed by atoms with Gasteiger partial charge in [0.15, 0.2) is 0 Å². The Morgan fingerprint density at radius 1 is 0.595 bits per heavy atom. The van der Waals surface area contributed by atoms with Crippen LogP contribution in [0.15, 0.2) is 103 Å². The van der Waals surface area contributed by atoms with Gasteiger partial charge >= 0.3 is 0 Å². The lowest BCUT2D eigenvalue weighted by atomic mass is 9.93. The molecular weight excluding hydrogens is 452 g/mol. The number of carbonyl (C=O) groups is 1. The number of rotatable bonds is 1. The van der Waals surface area contributed by atoms with Gasteiger partial charge < -0.3 is 11.5 Å². The topological polar surface area (TPSA) is 69.1 Å². The summed E-state index contributed by atoms with van der Waals surface area (Å²) in [5, 5.41) is 9.36. The molecule has 0 aromatic heterocycles. The van der Waals surface area contributed by atoms with Crippen molar-refractivity contribution in [3.05, 3.63) is 109 Å². The van der Waals surface area contributed by atoms with Gasteiger partial charge in [-0.2, -0.15) is 0 Å². The van der Waals surface area contributed by atoms with E-state index in [1.807, 2.05) is 54.6 Å². The first-order valence-corrected chi connectivity index (χ1v) is 12.9. The number of carbonyl (C=O) groups excluding carboxylic acids is 1. The van der Waals surface area contributed by atoms with Crippen LogP contribution in [0.1, 0.15) is 29.6 Å². The van der Waals surface area contributed by atoms with Gasteiger partial charge in [-0.3, -0.25) is 4.79 Å². The van der Waals surface area contributed by atoms with E-state index in [1.165, 1.54) is 46.2 Å². The highest BCUT2D eigenvalue weighted by molar-refractivity contribution is 6.26. The number of allylic oxidation sites excluding steroid dienone is 2. The van der Waals surface area contributed by atoms with Gasteiger partial charge in [-0.15, -0.1) is 0 Å². The van der Waals surface area contributed by atoms with Gasteiger partial charge in [0.05, 0.1) is 0 Å². The molecule has 2 aliphatic carbocycles. The highest BCUT2D eigenvalue weighted by Gasteiger charge is 2.25. The summed E-state index contributed by atoms with van der Waals surface area (Å²) in [6, 6.07) is 30.1. The molecule has 8 rings (SSSR count). The highest BCUT2D eigenvalue weighted by Crippen LogP contribution is 2.39. The first-order chi connectivity index (χ1) is 18.1. The predicted octanol–water partition coefficient (Wildman–Crippen LogP) is 8.37. The quantitative estimate of drug-likeness (QED) is 0.107. The number of nitrogens with two attached hydrogens (primary N) is 2. The monoisotopic (exact) mass is 482 g/mol. The maximum Gasteiger partial charge on any atom is 0.150 e. The summed E-state index contributed by atoms with van der Waals surface area (Å²) in [6.07, 6.45) is 10.1. The van der Waals surface area contributed by atoms with E-state index >= 15 is 0 Å². The number of fused-ring (bicyclic) bond motifs is 3. The number of hydrogen-bond donors (Lipinski definition) is 2. The minimum absolute atomic E-state index is 0.730. The summed E-state index contributed by atoms with van der Waals surface area (Å²) in [7, 11) is 0. The van der Waals surface area contributed by atoms with Crippen LogP contribution in [0.3, 0.4) is 0 Å². The molecule has 0 heterocycles. The average molecular weight is 483 g/mol. The zero-order valence-corrected chi connectivity index (χ0v) is 20.7. The zero-order valence-electron chi connectivity index (χ0n) is 20.7. The first-order valence-electron chi connectivity index (χ1n) is 12.9. The third kappa shape index (κ3) is 4.38. The molecule has 2 bridgehead atoms. The van der Waals surface area contributed by atoms with Gasteiger partial charge in [-0.1, -0.05) is 84.9 Å². The molecule has 0 aliphatic heterocycles. The Kier molecular flexibility index (Phi) is 5.97. The van der Waals surface area contributed by atoms with Crippen LogP contribution in [0.5, 0.6) is 0 Å². The molecular formula is C34H30N2O. The lowest BCUT2D eigenvalue weighted by Crippen LogP contribution is -1.92. The fourth-order valence-electron chi connectivity index (χ4n) is 5.84. The standard InChI is InChI=1S/C16H12N2.C11H8O.C7H10/c17-13-8-4-10-2-6-12-14(18)7-3-9-1-5-11(13)16(10)15(9)12;12-8-9-5-6-10-3-1-2-4-11(10)7-9;1-2-7-4-3-6(1)5-7/h1-8H,17-18H2;1-8H;1-2,6-7H,3-5H2. The van der Waals surface area contributed by atoms with Gasteiger partial charge in [0, 0.05) is 27.7 Å². The Bertz CT molecular complexity index is 1680. The van der Waals surface area contributed by atoms with Crippen LogP contribution in [-0.2, 0) is 0 Å². The zero-order chi connectivity index (χ0) is 25.4. The molecule has 2 atom stereocenters. The van der Waals surface area contributed by atoms with Gasteiger partial charge in [0.1, 0.15) is 6.29 Å². The van der Waals surface area contributed by atoms with Crippen LogP contribution < -0.4 is 11.5 Å². The molecule has 6 aromatic rings. The Balaban J connectivity index is 0.000000114. The minimum Gasteiger partial charge on any atom is -0.398 e. The Morgan fingerprint density at radius 3 is 1.59 bits per heavy atom. The van der Waals surface area contributed by atoms with Crippen LogP contribution >= 0.6 is 0 Å². The summed E-state index contributed by atoms with van der Waals surface area (Å²) in [4.78, 5) is 10.5. The fraction of sp³-hybridized carbons (Fsp3) is 0.147. The van der Waals surface area contributed by atoms with Gasteiger partial charge in [0.25, 0.3) is 0 Å². The van der Waals surface area contributed by atoms with E-state index in [1.54, 1.807) is 0 Å². The molecule has 2 unspecified atom stereocenters. The third-order valence-electron chi connectivity index (χ3n) is 7.81. The molecule has 37 heavy (non-hydrogen) atoms. The first kappa shape index (κ1) is 23.1. The average Bonchev–Trinajstić information content (AvgIpc) is 3.61. The summed E-state index contributed by atoms with van der Waals surface area (Å²) in [6.45, 7) is 0. The van der Waals surface area contributed by atoms with Crippen LogP contribution in [0.25, 0.3) is 43.1 Å². The molecule has 1 fully saturated rings. The van der Waals surface area contributed by atoms with E-state index in [0.29, 0.717) is 0 Å². The summed E-state index contributed by atoms with van der Waals surface area (Å²) >= 11 is 0. The highest BCUT2D eigenvalue weighted by atomic mass is 16.1. The second-order valence-electron chi connectivity index (χ2n) is 10.2. The van der Waals surface area contributed by atoms with E-state index in [-0.39, 0.29) is 0 Å². The van der Waals surface area contributed by atoms with Crippen molar-refractivity contribution in [3.8, 4) is 0 Å². The number of nitrogen functional groups attached to an aromatic ring is 2. The third-order valence-corrected chi connectivity index (χ3v) is 7.81. The molecule has 2 aliphatic rings. The summed E-state index contributed by atoms with van der Waals surface area (Å²) in [5.41, 5.74) is 14.5. The normalized spacial score (nSPS) is 17.6. The largest absolute Gasteiger partial charge is 0.398 e. The van der Waals surface area contributed by atoms with Gasteiger partial charge in [-0.25, -0.2) is 0 Å². The van der Waals surface area contributed by atoms with Crippen molar-refractivity contribution in [2.75, 3.05) is 11.5 Å². The Hall–Kier alpha value is -4.37. The molecule has 4 N–H and O–H groups in total. The van der Waals surface area contributed by atoms with Crippen molar-refractivity contribution in [2.24, 2.45) is 11.8 Å². The molecule has 182 valence electrons. The number of benzene rings is 6. The van der Waals surface area contributed by atoms with Crippen molar-refractivity contribution >= 4 is 60.8 Å². The van der Waals surface area contributed by atoms with Crippen LogP contribution in [-0.4, -0.2) is 6.29 Å². The van der Waals surface area contributed by atoms with Crippen molar-refractivity contribution in [1.29, 1.82) is 0 Å². The second kappa shape index (κ2) is 9.59. The Morgan fingerprint density at radius 2 is 1.11 bits per heavy atom. The van der Waals surface area contributed by atoms with Crippen molar-refractivity contribution in [2.45, 2.75) is 19.3 Å². The predicted molar refractivity (Wildman–Crippen MR) is 158 cm³/mol. The molecule has 1 saturated carbocycles. The van der Waals surface area contributed by atoms with E-state index in [0.717, 1.165) is 51.2 Å². The Labute approximate surface area is 216 Å². The second-order valence-corrected chi connectivity index (χ2v) is 10.2. The molecule has 0 amide bonds. The van der Waals surface area contributed by atoms with Crippen molar-refractivity contribution in [1.82, 2.24) is 0 Å². The summed E-state index contributed by atoms with van der Waals surface area (Å²) in [5.74, 6) is 1.98. The van der Waals surface area contributed by atoms with Gasteiger partial charge in [-0.05, 0) is 81.6 Å². The van der Waals surface area contributed by atoms with Gasteiger partial charge in [0.2, 0.25) is 0 Å². The van der Waals surface area contributed by atoms with Crippen LogP contribution in [0.4, 0.5) is 11.4 Å². The molecule has 3 heteroatoms. The van der Waals surface area contributed by atoms with Crippen molar-refractivity contribution in [3.63, 3.8) is 0 Å².